The van der Waals surface area contributed by atoms with E-state index in [9.17, 15) is 9.59 Å². The molecule has 0 radical (unpaired) electrons. The molecule has 1 atom stereocenters. The zero-order chi connectivity index (χ0) is 19.4. The van der Waals surface area contributed by atoms with Gasteiger partial charge in [-0.2, -0.15) is 0 Å². The number of aryl methyl sites for hydroxylation is 2. The van der Waals surface area contributed by atoms with E-state index in [0.29, 0.717) is 5.13 Å². The fourth-order valence-electron chi connectivity index (χ4n) is 2.87. The molecule has 0 spiro atoms. The molecule has 0 aliphatic rings. The van der Waals surface area contributed by atoms with E-state index >= 15 is 0 Å². The first kappa shape index (κ1) is 19.3. The average Bonchev–Trinajstić information content (AvgIpc) is 3.25. The third-order valence-electron chi connectivity index (χ3n) is 4.06. The van der Waals surface area contributed by atoms with Crippen LogP contribution in [0.2, 0.25) is 0 Å². The van der Waals surface area contributed by atoms with Crippen LogP contribution in [0.3, 0.4) is 0 Å². The third-order valence-corrected chi connectivity index (χ3v) is 5.81. The van der Waals surface area contributed by atoms with Crippen molar-refractivity contribution >= 4 is 39.6 Å². The predicted octanol–water partition coefficient (Wildman–Crippen LogP) is 4.69. The second-order valence-electron chi connectivity index (χ2n) is 6.38. The quantitative estimate of drug-likeness (QED) is 0.631. The number of thiazole rings is 1. The Morgan fingerprint density at radius 2 is 2.00 bits per heavy atom. The number of amides is 2. The summed E-state index contributed by atoms with van der Waals surface area (Å²) < 4.78 is 0. The molecule has 0 aliphatic heterocycles. The monoisotopic (exact) mass is 399 g/mol. The van der Waals surface area contributed by atoms with Crippen molar-refractivity contribution in [3.63, 3.8) is 0 Å². The minimum Gasteiger partial charge on any atom is -0.348 e. The highest BCUT2D eigenvalue weighted by molar-refractivity contribution is 7.14. The van der Waals surface area contributed by atoms with Gasteiger partial charge < -0.3 is 10.6 Å². The molecule has 140 valence electrons. The van der Waals surface area contributed by atoms with E-state index in [1.54, 1.807) is 0 Å². The maximum atomic E-state index is 12.5. The van der Waals surface area contributed by atoms with Crippen LogP contribution < -0.4 is 10.6 Å². The molecule has 2 aromatic heterocycles. The summed E-state index contributed by atoms with van der Waals surface area (Å²) in [6.07, 6.45) is 0.165. The van der Waals surface area contributed by atoms with Crippen molar-refractivity contribution in [2.45, 2.75) is 33.2 Å². The van der Waals surface area contributed by atoms with Crippen LogP contribution in [0.5, 0.6) is 0 Å². The number of nitrogens with one attached hydrogen (secondary N) is 2. The summed E-state index contributed by atoms with van der Waals surface area (Å²) in [5.41, 5.74) is 4.27. The van der Waals surface area contributed by atoms with Gasteiger partial charge in [-0.1, -0.05) is 29.8 Å². The Hall–Kier alpha value is -2.51. The molecule has 2 N–H and O–H groups in total. The van der Waals surface area contributed by atoms with Gasteiger partial charge in [0.2, 0.25) is 11.8 Å². The highest BCUT2D eigenvalue weighted by atomic mass is 32.1. The van der Waals surface area contributed by atoms with E-state index in [2.05, 4.69) is 47.7 Å². The molecule has 0 fully saturated rings. The molecule has 5 nitrogen and oxygen atoms in total. The van der Waals surface area contributed by atoms with E-state index in [1.807, 2.05) is 22.9 Å². The zero-order valence-corrected chi connectivity index (χ0v) is 17.0. The number of benzene rings is 1. The fraction of sp³-hybridized carbons (Fsp3) is 0.250. The highest BCUT2D eigenvalue weighted by Crippen LogP contribution is 2.29. The van der Waals surface area contributed by atoms with Crippen LogP contribution in [0.25, 0.3) is 11.3 Å². The van der Waals surface area contributed by atoms with Gasteiger partial charge in [-0.15, -0.1) is 22.7 Å². The second-order valence-corrected chi connectivity index (χ2v) is 8.21. The van der Waals surface area contributed by atoms with Crippen molar-refractivity contribution in [1.82, 2.24) is 10.3 Å². The lowest BCUT2D eigenvalue weighted by Crippen LogP contribution is -2.29. The number of carbonyl (C=O) groups excluding carboxylic acids is 2. The van der Waals surface area contributed by atoms with Crippen molar-refractivity contribution in [2.75, 3.05) is 5.32 Å². The van der Waals surface area contributed by atoms with Crippen molar-refractivity contribution in [3.05, 3.63) is 57.1 Å². The summed E-state index contributed by atoms with van der Waals surface area (Å²) in [7, 11) is 0. The lowest BCUT2D eigenvalue weighted by atomic mass is 10.0. The minimum absolute atomic E-state index is 0.160. The van der Waals surface area contributed by atoms with E-state index in [-0.39, 0.29) is 24.3 Å². The number of aromatic nitrogens is 1. The minimum atomic E-state index is -0.332. The topological polar surface area (TPSA) is 71.1 Å². The Labute approximate surface area is 166 Å². The van der Waals surface area contributed by atoms with Gasteiger partial charge in [0.05, 0.1) is 18.2 Å². The van der Waals surface area contributed by atoms with Crippen molar-refractivity contribution in [3.8, 4) is 11.3 Å². The smallest absolute Gasteiger partial charge is 0.228 e. The van der Waals surface area contributed by atoms with E-state index in [1.165, 1.54) is 35.2 Å². The predicted molar refractivity (Wildman–Crippen MR) is 111 cm³/mol. The zero-order valence-electron chi connectivity index (χ0n) is 15.4. The van der Waals surface area contributed by atoms with Crippen LogP contribution in [-0.2, 0) is 9.59 Å². The maximum absolute atomic E-state index is 12.5. The van der Waals surface area contributed by atoms with Crippen molar-refractivity contribution in [1.29, 1.82) is 0 Å². The molecule has 0 saturated carbocycles. The van der Waals surface area contributed by atoms with Crippen molar-refractivity contribution < 1.29 is 9.59 Å². The van der Waals surface area contributed by atoms with E-state index < -0.39 is 0 Å². The Balaban J connectivity index is 1.69. The lowest BCUT2D eigenvalue weighted by Gasteiger charge is -2.15. The number of anilines is 1. The van der Waals surface area contributed by atoms with Gasteiger partial charge in [-0.05, 0) is 30.9 Å². The molecule has 0 saturated heterocycles. The highest BCUT2D eigenvalue weighted by Gasteiger charge is 2.19. The van der Waals surface area contributed by atoms with Crippen LogP contribution in [0, 0.1) is 13.8 Å². The Kier molecular flexibility index (Phi) is 6.03. The van der Waals surface area contributed by atoms with Crippen LogP contribution in [0.1, 0.15) is 35.4 Å². The molecular formula is C20H21N3O2S2. The van der Waals surface area contributed by atoms with Crippen LogP contribution in [0.4, 0.5) is 5.13 Å². The van der Waals surface area contributed by atoms with E-state index in [0.717, 1.165) is 21.7 Å². The number of hydrogen-bond acceptors (Lipinski definition) is 5. The van der Waals surface area contributed by atoms with Gasteiger partial charge >= 0.3 is 0 Å². The van der Waals surface area contributed by atoms with E-state index in [4.69, 9.17) is 0 Å². The summed E-state index contributed by atoms with van der Waals surface area (Å²) in [4.78, 5) is 29.4. The molecule has 27 heavy (non-hydrogen) atoms. The van der Waals surface area contributed by atoms with Crippen LogP contribution in [0.15, 0.2) is 41.1 Å². The lowest BCUT2D eigenvalue weighted by molar-refractivity contribution is -0.120. The maximum Gasteiger partial charge on any atom is 0.228 e. The largest absolute Gasteiger partial charge is 0.348 e. The normalized spacial score (nSPS) is 11.8. The number of hydrogen-bond donors (Lipinski definition) is 2. The SMILES string of the molecule is CC(=O)NC(CC(=O)Nc1nc(-c2ccc(C)cc2C)cs1)c1cccs1. The number of nitrogens with zero attached hydrogens (tertiary/aromatic N) is 1. The summed E-state index contributed by atoms with van der Waals surface area (Å²) in [6.45, 7) is 5.57. The molecule has 0 bridgehead atoms. The molecule has 1 unspecified atom stereocenters. The summed E-state index contributed by atoms with van der Waals surface area (Å²) in [5.74, 6) is -0.337. The number of carbonyl (C=O) groups is 2. The summed E-state index contributed by atoms with van der Waals surface area (Å²) >= 11 is 2.91. The van der Waals surface area contributed by atoms with Gasteiger partial charge in [0.25, 0.3) is 0 Å². The van der Waals surface area contributed by atoms with Gasteiger partial charge in [0, 0.05) is 22.7 Å². The number of thiophene rings is 1. The first-order valence-electron chi connectivity index (χ1n) is 8.56. The molecule has 3 rings (SSSR count). The Morgan fingerprint density at radius 1 is 1.19 bits per heavy atom. The summed E-state index contributed by atoms with van der Waals surface area (Å²) in [6, 6.07) is 9.71. The van der Waals surface area contributed by atoms with Crippen LogP contribution >= 0.6 is 22.7 Å². The third kappa shape index (κ3) is 5.02. The number of rotatable bonds is 6. The van der Waals surface area contributed by atoms with Crippen LogP contribution in [-0.4, -0.2) is 16.8 Å². The molecule has 3 aromatic rings. The average molecular weight is 400 g/mol. The molecular weight excluding hydrogens is 378 g/mol. The Bertz CT molecular complexity index is 948. The van der Waals surface area contributed by atoms with Gasteiger partial charge in [0.1, 0.15) is 0 Å². The first-order valence-corrected chi connectivity index (χ1v) is 10.3. The van der Waals surface area contributed by atoms with Gasteiger partial charge in [0.15, 0.2) is 5.13 Å². The van der Waals surface area contributed by atoms with Gasteiger partial charge in [-0.25, -0.2) is 4.98 Å². The molecule has 7 heteroatoms. The molecule has 2 heterocycles. The Morgan fingerprint density at radius 3 is 2.67 bits per heavy atom. The standard InChI is InChI=1S/C20H21N3O2S2/c1-12-6-7-15(13(2)9-12)17-11-27-20(22-17)23-19(25)10-16(21-14(3)24)18-5-4-8-26-18/h4-9,11,16H,10H2,1-3H3,(H,21,24)(H,22,23,25). The van der Waals surface area contributed by atoms with Crippen molar-refractivity contribution in [2.24, 2.45) is 0 Å². The molecule has 1 aromatic carbocycles. The molecule has 0 aliphatic carbocycles. The molecule has 2 amide bonds. The van der Waals surface area contributed by atoms with Gasteiger partial charge in [-0.3, -0.25) is 9.59 Å². The fourth-order valence-corrected chi connectivity index (χ4v) is 4.37. The first-order chi connectivity index (χ1) is 12.9. The second kappa shape index (κ2) is 8.45. The summed E-state index contributed by atoms with van der Waals surface area (Å²) in [5, 5.41) is 10.1.